The van der Waals surface area contributed by atoms with E-state index in [1.165, 1.54) is 7.11 Å². The third-order valence-electron chi connectivity index (χ3n) is 4.06. The summed E-state index contributed by atoms with van der Waals surface area (Å²) in [5, 5.41) is 8.63. The van der Waals surface area contributed by atoms with E-state index < -0.39 is 10.0 Å². The van der Waals surface area contributed by atoms with E-state index in [1.807, 2.05) is 44.2 Å². The molecule has 0 saturated heterocycles. The monoisotopic (exact) mass is 408 g/mol. The highest BCUT2D eigenvalue weighted by molar-refractivity contribution is 7.89. The fourth-order valence-corrected chi connectivity index (χ4v) is 3.54. The van der Waals surface area contributed by atoms with Gasteiger partial charge in [0.1, 0.15) is 28.8 Å². The second kappa shape index (κ2) is 10.3. The van der Waals surface area contributed by atoms with Gasteiger partial charge in [-0.3, -0.25) is 0 Å². The van der Waals surface area contributed by atoms with E-state index in [2.05, 4.69) is 5.32 Å². The van der Waals surface area contributed by atoms with Crippen LogP contribution < -0.4 is 24.7 Å². The highest BCUT2D eigenvalue weighted by Crippen LogP contribution is 2.24. The summed E-state index contributed by atoms with van der Waals surface area (Å²) in [5.41, 5.74) is 0.857. The van der Waals surface area contributed by atoms with Crippen molar-refractivity contribution in [1.29, 1.82) is 0 Å². The maximum absolute atomic E-state index is 11.7. The third-order valence-corrected chi connectivity index (χ3v) is 4.99. The molecule has 2 aromatic rings. The molecule has 0 bridgehead atoms. The fraction of sp³-hybridized carbons (Fsp3) is 0.400. The molecule has 1 unspecified atom stereocenters. The quantitative estimate of drug-likeness (QED) is 0.554. The Morgan fingerprint density at radius 1 is 1.11 bits per heavy atom. The highest BCUT2D eigenvalue weighted by atomic mass is 32.2. The first kappa shape index (κ1) is 22.0. The van der Waals surface area contributed by atoms with E-state index >= 15 is 0 Å². The number of nitrogens with one attached hydrogen (secondary N) is 1. The van der Waals surface area contributed by atoms with E-state index in [-0.39, 0.29) is 16.7 Å². The molecule has 0 aliphatic carbocycles. The van der Waals surface area contributed by atoms with E-state index in [9.17, 15) is 8.42 Å². The molecule has 2 rings (SSSR count). The van der Waals surface area contributed by atoms with Gasteiger partial charge in [-0.1, -0.05) is 12.1 Å². The highest BCUT2D eigenvalue weighted by Gasteiger charge is 2.16. The van der Waals surface area contributed by atoms with Crippen LogP contribution in [0.1, 0.15) is 19.4 Å². The number of hydrogen-bond acceptors (Lipinski definition) is 6. The Kier molecular flexibility index (Phi) is 8.10. The van der Waals surface area contributed by atoms with Crippen molar-refractivity contribution in [3.63, 3.8) is 0 Å². The van der Waals surface area contributed by atoms with E-state index in [1.54, 1.807) is 12.1 Å². The van der Waals surface area contributed by atoms with Crippen LogP contribution in [-0.2, 0) is 16.4 Å². The van der Waals surface area contributed by atoms with Crippen molar-refractivity contribution in [3.8, 4) is 17.2 Å². The summed E-state index contributed by atoms with van der Waals surface area (Å²) in [6.45, 7) is 5.73. The van der Waals surface area contributed by atoms with Gasteiger partial charge in [0.25, 0.3) is 0 Å². The molecule has 0 aliphatic heterocycles. The average molecular weight is 409 g/mol. The topological polar surface area (TPSA) is 99.9 Å². The van der Waals surface area contributed by atoms with Crippen molar-refractivity contribution < 1.29 is 22.6 Å². The molecule has 1 atom stereocenters. The lowest BCUT2D eigenvalue weighted by molar-refractivity contribution is 0.300. The Morgan fingerprint density at radius 3 is 2.46 bits per heavy atom. The van der Waals surface area contributed by atoms with Crippen LogP contribution in [-0.4, -0.2) is 41.3 Å². The zero-order valence-corrected chi connectivity index (χ0v) is 17.3. The number of primary sulfonamides is 1. The first-order chi connectivity index (χ1) is 13.3. The number of hydrogen-bond donors (Lipinski definition) is 2. The zero-order chi connectivity index (χ0) is 20.6. The third kappa shape index (κ3) is 6.70. The molecule has 28 heavy (non-hydrogen) atoms. The molecule has 154 valence electrons. The first-order valence-corrected chi connectivity index (χ1v) is 10.7. The molecular weight excluding hydrogens is 380 g/mol. The van der Waals surface area contributed by atoms with Gasteiger partial charge in [-0.05, 0) is 50.1 Å². The lowest BCUT2D eigenvalue weighted by atomic mass is 10.1. The van der Waals surface area contributed by atoms with Crippen LogP contribution in [0.4, 0.5) is 0 Å². The molecule has 0 saturated carbocycles. The van der Waals surface area contributed by atoms with Crippen LogP contribution in [0.15, 0.2) is 47.4 Å². The molecule has 0 spiro atoms. The van der Waals surface area contributed by atoms with Crippen molar-refractivity contribution in [2.75, 3.05) is 26.9 Å². The molecule has 0 aliphatic rings. The molecule has 0 fully saturated rings. The van der Waals surface area contributed by atoms with Gasteiger partial charge in [-0.2, -0.15) is 0 Å². The Bertz CT molecular complexity index is 871. The van der Waals surface area contributed by atoms with Crippen LogP contribution >= 0.6 is 0 Å². The minimum atomic E-state index is -3.84. The summed E-state index contributed by atoms with van der Waals surface area (Å²) in [4.78, 5) is -0.00258. The van der Waals surface area contributed by atoms with Crippen LogP contribution in [0.5, 0.6) is 17.2 Å². The molecule has 7 nitrogen and oxygen atoms in total. The Labute approximate surface area is 166 Å². The lowest BCUT2D eigenvalue weighted by Crippen LogP contribution is -2.31. The van der Waals surface area contributed by atoms with Crippen molar-refractivity contribution >= 4 is 10.0 Å². The molecule has 8 heteroatoms. The standard InChI is InChI=1S/C20H28N2O5S/c1-4-26-17-6-5-7-18(14-17)27-11-10-22-15(2)12-16-8-9-19(25-3)20(13-16)28(21,23)24/h5-9,13-15,22H,4,10-12H2,1-3H3,(H2,21,23,24). The van der Waals surface area contributed by atoms with E-state index in [4.69, 9.17) is 19.3 Å². The molecule has 3 N–H and O–H groups in total. The Balaban J connectivity index is 1.84. The molecular formula is C20H28N2O5S. The number of benzene rings is 2. The van der Waals surface area contributed by atoms with Gasteiger partial charge in [0.05, 0.1) is 13.7 Å². The number of methoxy groups -OCH3 is 1. The normalized spacial score (nSPS) is 12.4. The van der Waals surface area contributed by atoms with Gasteiger partial charge in [0.15, 0.2) is 0 Å². The number of sulfonamides is 1. The van der Waals surface area contributed by atoms with Crippen molar-refractivity contribution in [2.24, 2.45) is 5.14 Å². The molecule has 2 aromatic carbocycles. The minimum Gasteiger partial charge on any atom is -0.495 e. The van der Waals surface area contributed by atoms with Crippen molar-refractivity contribution in [2.45, 2.75) is 31.2 Å². The lowest BCUT2D eigenvalue weighted by Gasteiger charge is -2.16. The van der Waals surface area contributed by atoms with Crippen molar-refractivity contribution in [3.05, 3.63) is 48.0 Å². The largest absolute Gasteiger partial charge is 0.495 e. The minimum absolute atomic E-state index is 0.00258. The summed E-state index contributed by atoms with van der Waals surface area (Å²) >= 11 is 0. The van der Waals surface area contributed by atoms with Crippen LogP contribution in [0.2, 0.25) is 0 Å². The molecule has 0 radical (unpaired) electrons. The van der Waals surface area contributed by atoms with E-state index in [0.717, 1.165) is 17.1 Å². The van der Waals surface area contributed by atoms with Gasteiger partial charge in [0, 0.05) is 18.7 Å². The Morgan fingerprint density at radius 2 is 1.82 bits per heavy atom. The smallest absolute Gasteiger partial charge is 0.241 e. The van der Waals surface area contributed by atoms with Gasteiger partial charge in [0.2, 0.25) is 10.0 Å². The summed E-state index contributed by atoms with van der Waals surface area (Å²) in [7, 11) is -2.42. The maximum Gasteiger partial charge on any atom is 0.241 e. The van der Waals surface area contributed by atoms with Gasteiger partial charge in [-0.25, -0.2) is 13.6 Å². The summed E-state index contributed by atoms with van der Waals surface area (Å²) in [5.74, 6) is 1.79. The second-order valence-corrected chi connectivity index (χ2v) is 7.88. The summed E-state index contributed by atoms with van der Waals surface area (Å²) in [6, 6.07) is 12.7. The number of nitrogens with two attached hydrogens (primary N) is 1. The summed E-state index contributed by atoms with van der Waals surface area (Å²) < 4.78 is 39.7. The molecule has 0 amide bonds. The van der Waals surface area contributed by atoms with Crippen LogP contribution in [0.25, 0.3) is 0 Å². The van der Waals surface area contributed by atoms with Crippen LogP contribution in [0, 0.1) is 0 Å². The number of ether oxygens (including phenoxy) is 3. The first-order valence-electron chi connectivity index (χ1n) is 9.12. The molecule has 0 aromatic heterocycles. The second-order valence-electron chi connectivity index (χ2n) is 6.35. The fourth-order valence-electron chi connectivity index (χ4n) is 2.79. The average Bonchev–Trinajstić information content (AvgIpc) is 2.65. The van der Waals surface area contributed by atoms with E-state index in [0.29, 0.717) is 26.2 Å². The maximum atomic E-state index is 11.7. The number of rotatable bonds is 11. The molecule has 0 heterocycles. The predicted molar refractivity (Wildman–Crippen MR) is 109 cm³/mol. The van der Waals surface area contributed by atoms with Crippen LogP contribution in [0.3, 0.4) is 0 Å². The van der Waals surface area contributed by atoms with Crippen molar-refractivity contribution in [1.82, 2.24) is 5.32 Å². The predicted octanol–water partition coefficient (Wildman–Crippen LogP) is 2.34. The summed E-state index contributed by atoms with van der Waals surface area (Å²) in [6.07, 6.45) is 0.645. The van der Waals surface area contributed by atoms with Gasteiger partial charge < -0.3 is 19.5 Å². The Hall–Kier alpha value is -2.29. The van der Waals surface area contributed by atoms with Gasteiger partial charge in [-0.15, -0.1) is 0 Å². The van der Waals surface area contributed by atoms with Gasteiger partial charge >= 0.3 is 0 Å². The zero-order valence-electron chi connectivity index (χ0n) is 16.5. The SMILES string of the molecule is CCOc1cccc(OCCNC(C)Cc2ccc(OC)c(S(N)(=O)=O)c2)c1.